The van der Waals surface area contributed by atoms with E-state index in [4.69, 9.17) is 9.40 Å². The van der Waals surface area contributed by atoms with Gasteiger partial charge in [-0.25, -0.2) is 4.98 Å². The molecule has 0 atom stereocenters. The van der Waals surface area contributed by atoms with Gasteiger partial charge in [-0.2, -0.15) is 0 Å². The zero-order valence-electron chi connectivity index (χ0n) is 29.2. The van der Waals surface area contributed by atoms with Crippen LogP contribution in [-0.4, -0.2) is 4.98 Å². The summed E-state index contributed by atoms with van der Waals surface area (Å²) >= 11 is 1.72. The lowest BCUT2D eigenvalue weighted by Gasteiger charge is -2.17. The highest BCUT2D eigenvalue weighted by Gasteiger charge is 2.22. The molecule has 0 fully saturated rings. The number of benzene rings is 9. The summed E-state index contributed by atoms with van der Waals surface area (Å²) in [6, 6.07) is 67.6. The highest BCUT2D eigenvalue weighted by molar-refractivity contribution is 7.21. The number of aromatic nitrogens is 1. The second-order valence-electron chi connectivity index (χ2n) is 13.9. The Kier molecular flexibility index (Phi) is 7.07. The Hall–Kier alpha value is -6.81. The van der Waals surface area contributed by atoms with Crippen molar-refractivity contribution >= 4 is 65.0 Å². The molecule has 11 rings (SSSR count). The lowest BCUT2D eigenvalue weighted by molar-refractivity contribution is 0.669. The molecule has 0 aliphatic carbocycles. The molecule has 54 heavy (non-hydrogen) atoms. The molecule has 0 spiro atoms. The van der Waals surface area contributed by atoms with Crippen molar-refractivity contribution in [1.29, 1.82) is 0 Å². The summed E-state index contributed by atoms with van der Waals surface area (Å²) in [7, 11) is 0. The van der Waals surface area contributed by atoms with Crippen LogP contribution in [0.2, 0.25) is 0 Å². The standard InChI is InChI=1S/C51H31NOS/c1-3-15-34(16-4-1)47-41-20-10-9-14-33(41)25-26-42(47)39-28-38(37-24-23-32-13-7-8-19-36(32)27-37)29-40(30-39)48-49-43-21-11-12-22-44(43)53-45(49)31-46-50(48)52-51(54-46)35-17-5-2-6-18-35/h1-31H. The van der Waals surface area contributed by atoms with Gasteiger partial charge >= 0.3 is 0 Å². The van der Waals surface area contributed by atoms with Gasteiger partial charge in [0.25, 0.3) is 0 Å². The van der Waals surface area contributed by atoms with Crippen LogP contribution in [0.25, 0.3) is 109 Å². The monoisotopic (exact) mass is 705 g/mol. The fourth-order valence-electron chi connectivity index (χ4n) is 8.15. The minimum atomic E-state index is 0.871. The number of rotatable bonds is 5. The summed E-state index contributed by atoms with van der Waals surface area (Å²) in [5, 5.41) is 8.07. The smallest absolute Gasteiger partial charge is 0.137 e. The molecule has 0 saturated heterocycles. The van der Waals surface area contributed by atoms with Crippen LogP contribution in [0.15, 0.2) is 192 Å². The van der Waals surface area contributed by atoms with Gasteiger partial charge in [0, 0.05) is 28.0 Å². The van der Waals surface area contributed by atoms with E-state index in [9.17, 15) is 0 Å². The van der Waals surface area contributed by atoms with Gasteiger partial charge in [-0.3, -0.25) is 0 Å². The largest absolute Gasteiger partial charge is 0.456 e. The zero-order chi connectivity index (χ0) is 35.6. The van der Waals surface area contributed by atoms with Gasteiger partial charge in [0.2, 0.25) is 0 Å². The zero-order valence-corrected chi connectivity index (χ0v) is 30.0. The van der Waals surface area contributed by atoms with E-state index >= 15 is 0 Å². The average Bonchev–Trinajstić information content (AvgIpc) is 3.84. The second-order valence-corrected chi connectivity index (χ2v) is 14.9. The summed E-state index contributed by atoms with van der Waals surface area (Å²) in [5.41, 5.74) is 13.1. The van der Waals surface area contributed by atoms with Gasteiger partial charge in [0.15, 0.2) is 0 Å². The summed E-state index contributed by atoms with van der Waals surface area (Å²) in [6.07, 6.45) is 0. The normalized spacial score (nSPS) is 11.7. The fourth-order valence-corrected chi connectivity index (χ4v) is 9.16. The Morgan fingerprint density at radius 2 is 1.04 bits per heavy atom. The Labute approximate surface area is 316 Å². The molecule has 252 valence electrons. The Balaban J connectivity index is 1.26. The SMILES string of the molecule is c1ccc(-c2nc3c(-c4cc(-c5ccc6ccccc6c5)cc(-c5ccc6ccccc6c5-c5ccccc5)c4)c4c(cc3s2)oc2ccccc24)cc1. The first-order valence-corrected chi connectivity index (χ1v) is 19.1. The molecular formula is C51H31NOS. The predicted octanol–water partition coefficient (Wildman–Crippen LogP) is 14.8. The molecule has 3 heteroatoms. The quantitative estimate of drug-likeness (QED) is 0.178. The number of para-hydroxylation sites is 1. The van der Waals surface area contributed by atoms with Gasteiger partial charge in [0.1, 0.15) is 16.2 Å². The minimum Gasteiger partial charge on any atom is -0.456 e. The lowest BCUT2D eigenvalue weighted by atomic mass is 9.86. The van der Waals surface area contributed by atoms with Crippen molar-refractivity contribution in [3.63, 3.8) is 0 Å². The summed E-state index contributed by atoms with van der Waals surface area (Å²) in [6.45, 7) is 0. The molecule has 0 N–H and O–H groups in total. The van der Waals surface area contributed by atoms with Crippen LogP contribution in [0.1, 0.15) is 0 Å². The summed E-state index contributed by atoms with van der Waals surface area (Å²) in [5.74, 6) is 0. The van der Waals surface area contributed by atoms with Gasteiger partial charge in [-0.05, 0) is 90.8 Å². The maximum Gasteiger partial charge on any atom is 0.137 e. The van der Waals surface area contributed by atoms with Crippen LogP contribution in [0.5, 0.6) is 0 Å². The molecule has 0 saturated carbocycles. The predicted molar refractivity (Wildman–Crippen MR) is 229 cm³/mol. The lowest BCUT2D eigenvalue weighted by Crippen LogP contribution is -1.92. The highest BCUT2D eigenvalue weighted by atomic mass is 32.1. The van der Waals surface area contributed by atoms with Gasteiger partial charge in [-0.15, -0.1) is 11.3 Å². The van der Waals surface area contributed by atoms with Crippen LogP contribution in [0.4, 0.5) is 0 Å². The van der Waals surface area contributed by atoms with Crippen molar-refractivity contribution in [3.8, 4) is 55.1 Å². The van der Waals surface area contributed by atoms with Crippen molar-refractivity contribution in [2.24, 2.45) is 0 Å². The molecule has 2 nitrogen and oxygen atoms in total. The Bertz CT molecular complexity index is 3210. The average molecular weight is 706 g/mol. The van der Waals surface area contributed by atoms with Crippen molar-refractivity contribution in [2.75, 3.05) is 0 Å². The first-order chi connectivity index (χ1) is 26.7. The molecule has 9 aromatic carbocycles. The molecule has 2 aromatic heterocycles. The van der Waals surface area contributed by atoms with E-state index in [1.165, 1.54) is 43.8 Å². The number of fused-ring (bicyclic) bond motifs is 6. The number of hydrogen-bond acceptors (Lipinski definition) is 3. The Morgan fingerprint density at radius 1 is 0.389 bits per heavy atom. The molecule has 0 aliphatic heterocycles. The van der Waals surface area contributed by atoms with Crippen LogP contribution in [0, 0.1) is 0 Å². The van der Waals surface area contributed by atoms with E-state index in [0.29, 0.717) is 0 Å². The number of nitrogens with zero attached hydrogens (tertiary/aromatic N) is 1. The first kappa shape index (κ1) is 30.8. The highest BCUT2D eigenvalue weighted by Crippen LogP contribution is 2.47. The van der Waals surface area contributed by atoms with Crippen molar-refractivity contribution in [2.45, 2.75) is 0 Å². The third-order valence-corrected chi connectivity index (χ3v) is 11.7. The number of hydrogen-bond donors (Lipinski definition) is 0. The van der Waals surface area contributed by atoms with E-state index in [1.807, 2.05) is 6.07 Å². The van der Waals surface area contributed by atoms with E-state index < -0.39 is 0 Å². The summed E-state index contributed by atoms with van der Waals surface area (Å²) < 4.78 is 7.72. The molecule has 0 aliphatic rings. The molecule has 0 radical (unpaired) electrons. The molecular weight excluding hydrogens is 675 g/mol. The molecule has 0 unspecified atom stereocenters. The maximum absolute atomic E-state index is 6.62. The third-order valence-electron chi connectivity index (χ3n) is 10.7. The topological polar surface area (TPSA) is 26.0 Å². The van der Waals surface area contributed by atoms with Gasteiger partial charge < -0.3 is 4.42 Å². The summed E-state index contributed by atoms with van der Waals surface area (Å²) in [4.78, 5) is 5.42. The van der Waals surface area contributed by atoms with Gasteiger partial charge in [0.05, 0.1) is 10.2 Å². The van der Waals surface area contributed by atoms with Crippen molar-refractivity contribution < 1.29 is 4.42 Å². The fraction of sp³-hybridized carbons (Fsp3) is 0. The first-order valence-electron chi connectivity index (χ1n) is 18.3. The van der Waals surface area contributed by atoms with Crippen molar-refractivity contribution in [1.82, 2.24) is 4.98 Å². The molecule has 11 aromatic rings. The van der Waals surface area contributed by atoms with E-state index in [-0.39, 0.29) is 0 Å². The third kappa shape index (κ3) is 5.05. The maximum atomic E-state index is 6.62. The molecule has 0 amide bonds. The molecule has 0 bridgehead atoms. The van der Waals surface area contributed by atoms with Crippen molar-refractivity contribution in [3.05, 3.63) is 188 Å². The van der Waals surface area contributed by atoms with Crippen LogP contribution in [-0.2, 0) is 0 Å². The van der Waals surface area contributed by atoms with Crippen LogP contribution in [0.3, 0.4) is 0 Å². The van der Waals surface area contributed by atoms with E-state index in [1.54, 1.807) is 11.3 Å². The minimum absolute atomic E-state index is 0.871. The van der Waals surface area contributed by atoms with Crippen LogP contribution < -0.4 is 0 Å². The van der Waals surface area contributed by atoms with Crippen LogP contribution >= 0.6 is 11.3 Å². The Morgan fingerprint density at radius 3 is 1.87 bits per heavy atom. The molecule has 2 heterocycles. The van der Waals surface area contributed by atoms with E-state index in [0.717, 1.165) is 65.0 Å². The number of thiazole rings is 1. The van der Waals surface area contributed by atoms with Gasteiger partial charge in [-0.1, -0.05) is 152 Å². The second kappa shape index (κ2) is 12.4. The van der Waals surface area contributed by atoms with E-state index in [2.05, 4.69) is 182 Å². The number of furan rings is 1.